The SMILES string of the molecule is CCOC(=O)/C=C1/SCC(=O)N1Cc1csc(-c2ccccc2)n1. The van der Waals surface area contributed by atoms with Crippen molar-refractivity contribution in [1.29, 1.82) is 0 Å². The van der Waals surface area contributed by atoms with Gasteiger partial charge in [0.2, 0.25) is 5.91 Å². The third-order valence-corrected chi connectivity index (χ3v) is 5.30. The average Bonchev–Trinajstić information content (AvgIpc) is 3.18. The zero-order valence-corrected chi connectivity index (χ0v) is 14.7. The van der Waals surface area contributed by atoms with Crippen LogP contribution in [0.15, 0.2) is 46.8 Å². The Bertz CT molecular complexity index is 771. The van der Waals surface area contributed by atoms with Gasteiger partial charge in [-0.25, -0.2) is 9.78 Å². The number of amides is 1. The van der Waals surface area contributed by atoms with Gasteiger partial charge in [-0.05, 0) is 6.92 Å². The first-order valence-corrected chi connectivity index (χ1v) is 9.35. The van der Waals surface area contributed by atoms with E-state index >= 15 is 0 Å². The van der Waals surface area contributed by atoms with Crippen LogP contribution in [0.1, 0.15) is 12.6 Å². The highest BCUT2D eigenvalue weighted by atomic mass is 32.2. The summed E-state index contributed by atoms with van der Waals surface area (Å²) in [6.07, 6.45) is 1.38. The van der Waals surface area contributed by atoms with Crippen molar-refractivity contribution in [1.82, 2.24) is 9.88 Å². The van der Waals surface area contributed by atoms with Crippen LogP contribution in [-0.2, 0) is 20.9 Å². The maximum Gasteiger partial charge on any atom is 0.333 e. The van der Waals surface area contributed by atoms with Crippen LogP contribution in [-0.4, -0.2) is 34.1 Å². The molecule has 1 aliphatic heterocycles. The van der Waals surface area contributed by atoms with Crippen LogP contribution in [0.5, 0.6) is 0 Å². The van der Waals surface area contributed by atoms with Crippen molar-refractivity contribution in [3.63, 3.8) is 0 Å². The molecule has 2 aromatic rings. The van der Waals surface area contributed by atoms with Gasteiger partial charge in [-0.2, -0.15) is 0 Å². The Morgan fingerprint density at radius 3 is 2.92 bits per heavy atom. The molecule has 0 spiro atoms. The second-order valence-corrected chi connectivity index (χ2v) is 6.87. The predicted molar refractivity (Wildman–Crippen MR) is 95.3 cm³/mol. The molecule has 0 unspecified atom stereocenters. The lowest BCUT2D eigenvalue weighted by molar-refractivity contribution is -0.137. The van der Waals surface area contributed by atoms with Crippen LogP contribution in [0.3, 0.4) is 0 Å². The summed E-state index contributed by atoms with van der Waals surface area (Å²) in [6, 6.07) is 9.91. The molecule has 1 amide bonds. The van der Waals surface area contributed by atoms with E-state index in [0.717, 1.165) is 16.3 Å². The van der Waals surface area contributed by atoms with E-state index < -0.39 is 5.97 Å². The van der Waals surface area contributed by atoms with E-state index in [-0.39, 0.29) is 5.91 Å². The molecule has 0 saturated carbocycles. The number of hydrogen-bond acceptors (Lipinski definition) is 6. The Balaban J connectivity index is 1.75. The number of aromatic nitrogens is 1. The van der Waals surface area contributed by atoms with E-state index in [1.54, 1.807) is 23.2 Å². The van der Waals surface area contributed by atoms with Gasteiger partial charge in [0.1, 0.15) is 5.01 Å². The monoisotopic (exact) mass is 360 g/mol. The molecule has 1 fully saturated rings. The van der Waals surface area contributed by atoms with Crippen molar-refractivity contribution >= 4 is 35.0 Å². The zero-order valence-electron chi connectivity index (χ0n) is 13.1. The fourth-order valence-corrected chi connectivity index (χ4v) is 3.99. The summed E-state index contributed by atoms with van der Waals surface area (Å²) in [4.78, 5) is 29.9. The topological polar surface area (TPSA) is 59.5 Å². The van der Waals surface area contributed by atoms with Crippen LogP contribution < -0.4 is 0 Å². The molecule has 2 heterocycles. The first-order chi connectivity index (χ1) is 11.7. The van der Waals surface area contributed by atoms with Crippen molar-refractivity contribution < 1.29 is 14.3 Å². The van der Waals surface area contributed by atoms with Crippen molar-refractivity contribution in [2.24, 2.45) is 0 Å². The average molecular weight is 360 g/mol. The first-order valence-electron chi connectivity index (χ1n) is 7.49. The number of carbonyl (C=O) groups excluding carboxylic acids is 2. The van der Waals surface area contributed by atoms with Crippen molar-refractivity contribution in [2.75, 3.05) is 12.4 Å². The Hall–Kier alpha value is -2.12. The van der Waals surface area contributed by atoms with Crippen LogP contribution >= 0.6 is 23.1 Å². The number of thiazole rings is 1. The molecule has 0 bridgehead atoms. The van der Waals surface area contributed by atoms with Crippen LogP contribution in [0.2, 0.25) is 0 Å². The van der Waals surface area contributed by atoms with Crippen LogP contribution in [0.4, 0.5) is 0 Å². The number of rotatable bonds is 5. The summed E-state index contributed by atoms with van der Waals surface area (Å²) in [5, 5.41) is 3.48. The Morgan fingerprint density at radius 2 is 2.17 bits per heavy atom. The number of hydrogen-bond donors (Lipinski definition) is 0. The molecule has 1 aliphatic rings. The molecule has 7 heteroatoms. The summed E-state index contributed by atoms with van der Waals surface area (Å²) in [5.74, 6) is -0.117. The van der Waals surface area contributed by atoms with Gasteiger partial charge in [-0.3, -0.25) is 9.69 Å². The third kappa shape index (κ3) is 3.85. The minimum atomic E-state index is -0.428. The van der Waals surface area contributed by atoms with E-state index in [0.29, 0.717) is 23.9 Å². The highest BCUT2D eigenvalue weighted by Gasteiger charge is 2.28. The number of carbonyl (C=O) groups is 2. The lowest BCUT2D eigenvalue weighted by Crippen LogP contribution is -2.24. The van der Waals surface area contributed by atoms with Crippen molar-refractivity contribution in [3.8, 4) is 10.6 Å². The summed E-state index contributed by atoms with van der Waals surface area (Å²) < 4.78 is 4.92. The molecule has 1 saturated heterocycles. The highest BCUT2D eigenvalue weighted by molar-refractivity contribution is 8.04. The predicted octanol–water partition coefficient (Wildman–Crippen LogP) is 3.29. The number of ether oxygens (including phenoxy) is 1. The van der Waals surface area contributed by atoms with Gasteiger partial charge in [0.25, 0.3) is 0 Å². The number of benzene rings is 1. The Kier molecular flexibility index (Phi) is 5.32. The fourth-order valence-electron chi connectivity index (χ4n) is 2.24. The minimum Gasteiger partial charge on any atom is -0.463 e. The molecule has 5 nitrogen and oxygen atoms in total. The second kappa shape index (κ2) is 7.63. The highest BCUT2D eigenvalue weighted by Crippen LogP contribution is 2.31. The van der Waals surface area contributed by atoms with E-state index in [4.69, 9.17) is 4.74 Å². The van der Waals surface area contributed by atoms with Gasteiger partial charge in [0, 0.05) is 10.9 Å². The molecule has 0 atom stereocenters. The van der Waals surface area contributed by atoms with Crippen molar-refractivity contribution in [2.45, 2.75) is 13.5 Å². The zero-order chi connectivity index (χ0) is 16.9. The fraction of sp³-hybridized carbons (Fsp3) is 0.235. The molecular weight excluding hydrogens is 344 g/mol. The van der Waals surface area contributed by atoms with Crippen LogP contribution in [0.25, 0.3) is 10.6 Å². The normalized spacial score (nSPS) is 16.0. The molecule has 1 aromatic carbocycles. The van der Waals surface area contributed by atoms with Gasteiger partial charge >= 0.3 is 5.97 Å². The molecule has 1 aromatic heterocycles. The standard InChI is InChI=1S/C17H16N2O3S2/c1-2-22-16(21)8-15-19(14(20)11-23-15)9-13-10-24-17(18-13)12-6-4-3-5-7-12/h3-8,10H,2,9,11H2,1H3/b15-8+. The van der Waals surface area contributed by atoms with Gasteiger partial charge in [0.05, 0.1) is 35.7 Å². The lowest BCUT2D eigenvalue weighted by Gasteiger charge is -2.15. The number of thioether (sulfide) groups is 1. The summed E-state index contributed by atoms with van der Waals surface area (Å²) in [7, 11) is 0. The molecule has 3 rings (SSSR count). The lowest BCUT2D eigenvalue weighted by atomic mass is 10.2. The van der Waals surface area contributed by atoms with E-state index in [9.17, 15) is 9.59 Å². The maximum absolute atomic E-state index is 12.1. The summed E-state index contributed by atoms with van der Waals surface area (Å²) in [5.41, 5.74) is 1.86. The minimum absolute atomic E-state index is 0.0233. The molecule has 0 aliphatic carbocycles. The van der Waals surface area contributed by atoms with E-state index in [2.05, 4.69) is 4.98 Å². The quantitative estimate of drug-likeness (QED) is 0.605. The van der Waals surface area contributed by atoms with Crippen molar-refractivity contribution in [3.05, 3.63) is 52.5 Å². The Labute approximate surface area is 148 Å². The largest absolute Gasteiger partial charge is 0.463 e. The molecule has 24 heavy (non-hydrogen) atoms. The molecule has 0 N–H and O–H groups in total. The Morgan fingerprint density at radius 1 is 1.38 bits per heavy atom. The third-order valence-electron chi connectivity index (χ3n) is 3.33. The number of nitrogens with zero attached hydrogens (tertiary/aromatic N) is 2. The maximum atomic E-state index is 12.1. The molecular formula is C17H16N2O3S2. The number of esters is 1. The van der Waals surface area contributed by atoms with Crippen LogP contribution in [0, 0.1) is 0 Å². The van der Waals surface area contributed by atoms with Gasteiger partial charge in [0.15, 0.2) is 0 Å². The van der Waals surface area contributed by atoms with Gasteiger partial charge in [-0.1, -0.05) is 42.1 Å². The smallest absolute Gasteiger partial charge is 0.333 e. The van der Waals surface area contributed by atoms with Gasteiger partial charge in [-0.15, -0.1) is 11.3 Å². The van der Waals surface area contributed by atoms with Gasteiger partial charge < -0.3 is 4.74 Å². The molecule has 0 radical (unpaired) electrons. The molecule has 124 valence electrons. The first kappa shape index (κ1) is 16.7. The summed E-state index contributed by atoms with van der Waals surface area (Å²) >= 11 is 2.89. The van der Waals surface area contributed by atoms with E-state index in [1.165, 1.54) is 17.8 Å². The second-order valence-electron chi connectivity index (χ2n) is 5.01. The summed E-state index contributed by atoms with van der Waals surface area (Å²) in [6.45, 7) is 2.43. The van der Waals surface area contributed by atoms with E-state index in [1.807, 2.05) is 35.7 Å².